The van der Waals surface area contributed by atoms with Gasteiger partial charge in [-0.2, -0.15) is 0 Å². The molecule has 2 heteroatoms. The van der Waals surface area contributed by atoms with Crippen LogP contribution >= 0.6 is 12.2 Å². The number of hydrogen-bond acceptors (Lipinski definition) is 2. The van der Waals surface area contributed by atoms with Gasteiger partial charge in [0, 0.05) is 11.4 Å². The van der Waals surface area contributed by atoms with Gasteiger partial charge in [-0.05, 0) is 61.9 Å². The van der Waals surface area contributed by atoms with Crippen LogP contribution in [0.5, 0.6) is 0 Å². The van der Waals surface area contributed by atoms with E-state index in [1.807, 2.05) is 5.37 Å². The van der Waals surface area contributed by atoms with Crippen molar-refractivity contribution in [2.75, 3.05) is 13.1 Å². The molecule has 0 radical (unpaired) electrons. The molecule has 0 N–H and O–H groups in total. The summed E-state index contributed by atoms with van der Waals surface area (Å²) in [5.41, 5.74) is 4.29. The molecule has 19 heavy (non-hydrogen) atoms. The maximum absolute atomic E-state index is 5.17. The number of fused-ring (bicyclic) bond motifs is 1. The lowest BCUT2D eigenvalue weighted by Crippen LogP contribution is -2.40. The van der Waals surface area contributed by atoms with E-state index < -0.39 is 0 Å². The van der Waals surface area contributed by atoms with Gasteiger partial charge in [-0.3, -0.25) is 0 Å². The van der Waals surface area contributed by atoms with Gasteiger partial charge in [0.15, 0.2) is 0 Å². The van der Waals surface area contributed by atoms with Crippen LogP contribution in [0.15, 0.2) is 18.2 Å². The number of rotatable bonds is 6. The van der Waals surface area contributed by atoms with Gasteiger partial charge in [0.05, 0.1) is 0 Å². The minimum Gasteiger partial charge on any atom is -0.300 e. The maximum atomic E-state index is 5.17. The molecule has 0 fully saturated rings. The normalized spacial score (nSPS) is 18.4. The van der Waals surface area contributed by atoms with E-state index in [9.17, 15) is 0 Å². The molecule has 1 aromatic rings. The minimum absolute atomic E-state index is 0.712. The molecule has 0 bridgehead atoms. The predicted octanol–water partition coefficient (Wildman–Crippen LogP) is 4.01. The van der Waals surface area contributed by atoms with Crippen LogP contribution in [0.25, 0.3) is 0 Å². The molecule has 0 unspecified atom stereocenters. The van der Waals surface area contributed by atoms with Gasteiger partial charge in [0.1, 0.15) is 0 Å². The third-order valence-corrected chi connectivity index (χ3v) is 4.41. The standard InChI is InChI=1S/C17H25NS/c1-3-10-18(11-4-2)16-9-8-14-6-5-7-15(13-19)17(14)12-16/h5-7,13,16H,3-4,8-12H2,1-2H3/t16-/m0/s1. The second kappa shape index (κ2) is 7.16. The van der Waals surface area contributed by atoms with Gasteiger partial charge in [0.2, 0.25) is 0 Å². The van der Waals surface area contributed by atoms with Crippen molar-refractivity contribution >= 4 is 17.6 Å². The van der Waals surface area contributed by atoms with E-state index >= 15 is 0 Å². The molecule has 1 aromatic carbocycles. The molecule has 1 aliphatic carbocycles. The van der Waals surface area contributed by atoms with Crippen LogP contribution in [0.3, 0.4) is 0 Å². The smallest absolute Gasteiger partial charge is 0.0139 e. The molecular weight excluding hydrogens is 250 g/mol. The molecule has 0 saturated carbocycles. The van der Waals surface area contributed by atoms with Crippen LogP contribution < -0.4 is 0 Å². The first-order valence-electron chi connectivity index (χ1n) is 7.60. The molecule has 104 valence electrons. The number of hydrogen-bond donors (Lipinski definition) is 0. The molecular formula is C17H25NS. The molecule has 1 aliphatic rings. The fraction of sp³-hybridized carbons (Fsp3) is 0.588. The summed E-state index contributed by atoms with van der Waals surface area (Å²) in [5.74, 6) is 0. The van der Waals surface area contributed by atoms with Crippen molar-refractivity contribution in [3.8, 4) is 0 Å². The zero-order valence-electron chi connectivity index (χ0n) is 12.2. The van der Waals surface area contributed by atoms with Gasteiger partial charge < -0.3 is 4.90 Å². The highest BCUT2D eigenvalue weighted by molar-refractivity contribution is 7.79. The van der Waals surface area contributed by atoms with Crippen LogP contribution in [-0.2, 0) is 12.8 Å². The first-order valence-corrected chi connectivity index (χ1v) is 8.07. The summed E-state index contributed by atoms with van der Waals surface area (Å²) in [6.07, 6.45) is 6.18. The summed E-state index contributed by atoms with van der Waals surface area (Å²) >= 11 is 5.17. The summed E-state index contributed by atoms with van der Waals surface area (Å²) in [6.45, 7) is 7.02. The van der Waals surface area contributed by atoms with Crippen LogP contribution in [-0.4, -0.2) is 29.4 Å². The van der Waals surface area contributed by atoms with E-state index in [4.69, 9.17) is 12.2 Å². The average molecular weight is 275 g/mol. The van der Waals surface area contributed by atoms with E-state index in [1.54, 1.807) is 0 Å². The Morgan fingerprint density at radius 3 is 2.63 bits per heavy atom. The number of benzene rings is 1. The van der Waals surface area contributed by atoms with Crippen molar-refractivity contribution < 1.29 is 0 Å². The van der Waals surface area contributed by atoms with Gasteiger partial charge in [-0.1, -0.05) is 44.3 Å². The summed E-state index contributed by atoms with van der Waals surface area (Å²) in [6, 6.07) is 7.30. The van der Waals surface area contributed by atoms with Crippen LogP contribution in [0.4, 0.5) is 0 Å². The molecule has 1 nitrogen and oxygen atoms in total. The van der Waals surface area contributed by atoms with Crippen LogP contribution in [0, 0.1) is 0 Å². The summed E-state index contributed by atoms with van der Waals surface area (Å²) < 4.78 is 0. The van der Waals surface area contributed by atoms with Gasteiger partial charge in [0.25, 0.3) is 0 Å². The number of thiocarbonyl (C=S) groups is 1. The van der Waals surface area contributed by atoms with E-state index in [0.717, 1.165) is 0 Å². The topological polar surface area (TPSA) is 3.24 Å². The van der Waals surface area contributed by atoms with E-state index in [0.29, 0.717) is 6.04 Å². The lowest BCUT2D eigenvalue weighted by molar-refractivity contribution is 0.180. The fourth-order valence-corrected chi connectivity index (χ4v) is 3.49. The molecule has 0 aliphatic heterocycles. The monoisotopic (exact) mass is 275 g/mol. The Morgan fingerprint density at radius 2 is 2.00 bits per heavy atom. The minimum atomic E-state index is 0.712. The Balaban J connectivity index is 2.17. The Bertz CT molecular complexity index is 421. The Hall–Kier alpha value is -0.730. The molecule has 2 rings (SSSR count). The Labute approximate surface area is 123 Å². The Morgan fingerprint density at radius 1 is 1.26 bits per heavy atom. The van der Waals surface area contributed by atoms with Gasteiger partial charge >= 0.3 is 0 Å². The van der Waals surface area contributed by atoms with Gasteiger partial charge in [-0.25, -0.2) is 0 Å². The second-order valence-electron chi connectivity index (χ2n) is 5.54. The largest absolute Gasteiger partial charge is 0.300 e. The summed E-state index contributed by atoms with van der Waals surface area (Å²) in [7, 11) is 0. The quantitative estimate of drug-likeness (QED) is 0.722. The molecule has 0 amide bonds. The molecule has 0 aromatic heterocycles. The highest BCUT2D eigenvalue weighted by atomic mass is 32.1. The summed E-state index contributed by atoms with van der Waals surface area (Å²) in [5, 5.41) is 1.85. The second-order valence-corrected chi connectivity index (χ2v) is 5.77. The lowest BCUT2D eigenvalue weighted by Gasteiger charge is -2.35. The van der Waals surface area contributed by atoms with Crippen molar-refractivity contribution in [2.24, 2.45) is 0 Å². The molecule has 0 saturated heterocycles. The maximum Gasteiger partial charge on any atom is 0.0139 e. The first-order chi connectivity index (χ1) is 9.30. The van der Waals surface area contributed by atoms with Crippen molar-refractivity contribution in [1.82, 2.24) is 4.90 Å². The zero-order chi connectivity index (χ0) is 13.7. The van der Waals surface area contributed by atoms with Crippen molar-refractivity contribution in [3.05, 3.63) is 34.9 Å². The highest BCUT2D eigenvalue weighted by Crippen LogP contribution is 2.27. The molecule has 0 spiro atoms. The average Bonchev–Trinajstić information content (AvgIpc) is 2.46. The van der Waals surface area contributed by atoms with Gasteiger partial charge in [-0.15, -0.1) is 0 Å². The van der Waals surface area contributed by atoms with E-state index in [-0.39, 0.29) is 0 Å². The van der Waals surface area contributed by atoms with E-state index in [2.05, 4.69) is 36.9 Å². The Kier molecular flexibility index (Phi) is 5.53. The predicted molar refractivity (Wildman–Crippen MR) is 87.2 cm³/mol. The third-order valence-electron chi connectivity index (χ3n) is 4.16. The number of aryl methyl sites for hydroxylation is 1. The lowest BCUT2D eigenvalue weighted by atomic mass is 9.85. The van der Waals surface area contributed by atoms with Crippen LogP contribution in [0.2, 0.25) is 0 Å². The fourth-order valence-electron chi connectivity index (χ4n) is 3.27. The zero-order valence-corrected chi connectivity index (χ0v) is 13.0. The van der Waals surface area contributed by atoms with Crippen molar-refractivity contribution in [2.45, 2.75) is 52.0 Å². The third kappa shape index (κ3) is 3.43. The van der Waals surface area contributed by atoms with Crippen molar-refractivity contribution in [1.29, 1.82) is 0 Å². The van der Waals surface area contributed by atoms with E-state index in [1.165, 1.54) is 61.9 Å². The highest BCUT2D eigenvalue weighted by Gasteiger charge is 2.24. The molecule has 1 atom stereocenters. The SMILES string of the molecule is CCCN(CCC)[C@H]1CCc2cccc(C=S)c2C1. The van der Waals surface area contributed by atoms with Crippen LogP contribution in [0.1, 0.15) is 49.8 Å². The number of nitrogens with zero attached hydrogens (tertiary/aromatic N) is 1. The van der Waals surface area contributed by atoms with Crippen molar-refractivity contribution in [3.63, 3.8) is 0 Å². The molecule has 0 heterocycles. The summed E-state index contributed by atoms with van der Waals surface area (Å²) in [4.78, 5) is 2.68. The first kappa shape index (κ1) is 14.7.